The molecule has 19 heavy (non-hydrogen) atoms. The fourth-order valence-electron chi connectivity index (χ4n) is 2.12. The van der Waals surface area contributed by atoms with Crippen molar-refractivity contribution >= 4 is 5.69 Å². The Morgan fingerprint density at radius 1 is 0.842 bits per heavy atom. The predicted molar refractivity (Wildman–Crippen MR) is 86.5 cm³/mol. The van der Waals surface area contributed by atoms with Gasteiger partial charge in [0.2, 0.25) is 0 Å². The zero-order chi connectivity index (χ0) is 14.5. The molecule has 0 fully saturated rings. The van der Waals surface area contributed by atoms with Gasteiger partial charge in [0.15, 0.2) is 0 Å². The Labute approximate surface area is 119 Å². The first kappa shape index (κ1) is 16.2. The van der Waals surface area contributed by atoms with Crippen LogP contribution in [0.25, 0.3) is 0 Å². The van der Waals surface area contributed by atoms with Gasteiger partial charge >= 0.3 is 0 Å². The van der Waals surface area contributed by atoms with Crippen LogP contribution in [0, 0.1) is 0 Å². The molecule has 0 N–H and O–H groups in total. The van der Waals surface area contributed by atoms with Crippen molar-refractivity contribution in [1.29, 1.82) is 0 Å². The third-order valence-electron chi connectivity index (χ3n) is 4.51. The van der Waals surface area contributed by atoms with Crippen molar-refractivity contribution in [3.05, 3.63) is 29.8 Å². The minimum Gasteiger partial charge on any atom is -0.329 e. The maximum atomic E-state index is 2.31. The highest BCUT2D eigenvalue weighted by Crippen LogP contribution is 2.19. The fourth-order valence-corrected chi connectivity index (χ4v) is 2.12. The van der Waals surface area contributed by atoms with Crippen molar-refractivity contribution in [3.8, 4) is 0 Å². The Morgan fingerprint density at radius 3 is 1.89 bits per heavy atom. The number of nitrogens with zero attached hydrogens (tertiary/aromatic N) is 2. The summed E-state index contributed by atoms with van der Waals surface area (Å²) in [5.41, 5.74) is 2.87. The number of hydrogen-bond acceptors (Lipinski definition) is 0. The molecule has 0 atom stereocenters. The third-order valence-corrected chi connectivity index (χ3v) is 4.51. The maximum absolute atomic E-state index is 2.31. The van der Waals surface area contributed by atoms with E-state index in [1.165, 1.54) is 37.2 Å². The van der Waals surface area contributed by atoms with Crippen molar-refractivity contribution in [2.24, 2.45) is 0 Å². The highest BCUT2D eigenvalue weighted by molar-refractivity contribution is 5.43. The zero-order valence-corrected chi connectivity index (χ0v) is 13.7. The Hall–Kier alpha value is -0.860. The van der Waals surface area contributed by atoms with E-state index in [1.807, 2.05) is 0 Å². The molecular formula is C17H32N2+2. The van der Waals surface area contributed by atoms with Gasteiger partial charge in [-0.3, -0.25) is 4.48 Å². The van der Waals surface area contributed by atoms with Crippen LogP contribution in [-0.4, -0.2) is 52.3 Å². The Bertz CT molecular complexity index is 377. The molecule has 0 aliphatic rings. The van der Waals surface area contributed by atoms with E-state index in [0.717, 1.165) is 15.5 Å². The molecule has 1 aromatic carbocycles. The fraction of sp³-hybridized carbons (Fsp3) is 0.647. The molecular weight excluding hydrogens is 232 g/mol. The van der Waals surface area contributed by atoms with Crippen molar-refractivity contribution in [2.45, 2.75) is 26.7 Å². The molecule has 0 aromatic heterocycles. The zero-order valence-electron chi connectivity index (χ0n) is 13.7. The summed E-state index contributed by atoms with van der Waals surface area (Å²) < 4.78 is 2.08. The minimum atomic E-state index is 0.958. The predicted octanol–water partition coefficient (Wildman–Crippen LogP) is 3.30. The summed E-state index contributed by atoms with van der Waals surface area (Å²) >= 11 is 0. The summed E-state index contributed by atoms with van der Waals surface area (Å²) in [6, 6.07) is 9.19. The second-order valence-electron chi connectivity index (χ2n) is 6.75. The van der Waals surface area contributed by atoms with E-state index in [9.17, 15) is 0 Å². The van der Waals surface area contributed by atoms with Crippen LogP contribution in [0.3, 0.4) is 0 Å². The first-order chi connectivity index (χ1) is 8.80. The summed E-state index contributed by atoms with van der Waals surface area (Å²) in [6.07, 6.45) is 2.47. The molecule has 0 aliphatic heterocycles. The van der Waals surface area contributed by atoms with Gasteiger partial charge in [-0.2, -0.15) is 0 Å². The van der Waals surface area contributed by atoms with E-state index < -0.39 is 0 Å². The molecule has 0 amide bonds. The van der Waals surface area contributed by atoms with Crippen LogP contribution in [0.1, 0.15) is 25.8 Å². The molecule has 2 nitrogen and oxygen atoms in total. The highest BCUT2D eigenvalue weighted by atomic mass is 15.3. The highest BCUT2D eigenvalue weighted by Gasteiger charge is 2.15. The van der Waals surface area contributed by atoms with Crippen LogP contribution in [-0.2, 0) is 6.42 Å². The monoisotopic (exact) mass is 264 g/mol. The van der Waals surface area contributed by atoms with Crippen molar-refractivity contribution in [3.63, 3.8) is 0 Å². The topological polar surface area (TPSA) is 0 Å². The summed E-state index contributed by atoms with van der Waals surface area (Å²) in [4.78, 5) is 0. The molecule has 1 rings (SSSR count). The van der Waals surface area contributed by atoms with Gasteiger partial charge in [-0.15, -0.1) is 0 Å². The SMILES string of the molecule is CC[N+](C)(C)CCCc1ccc([N+](C)(C)CC)cc1. The number of benzene rings is 1. The molecule has 0 saturated carbocycles. The lowest BCUT2D eigenvalue weighted by atomic mass is 10.1. The number of quaternary nitrogens is 2. The van der Waals surface area contributed by atoms with Crippen molar-refractivity contribution < 1.29 is 4.48 Å². The van der Waals surface area contributed by atoms with E-state index in [1.54, 1.807) is 0 Å². The van der Waals surface area contributed by atoms with E-state index in [-0.39, 0.29) is 0 Å². The molecule has 0 aliphatic carbocycles. The standard InChI is InChI=1S/C17H32N2/c1-7-18(3,4)15-9-10-16-11-13-17(14-12-16)19(5,6)8-2/h11-14H,7-10,15H2,1-6H3/q+2. The van der Waals surface area contributed by atoms with Crippen LogP contribution in [0.4, 0.5) is 5.69 Å². The van der Waals surface area contributed by atoms with Gasteiger partial charge in [-0.05, 0) is 38.0 Å². The molecule has 1 aromatic rings. The smallest absolute Gasteiger partial charge is 0.132 e. The molecule has 2 heteroatoms. The Morgan fingerprint density at radius 2 is 1.42 bits per heavy atom. The molecule has 0 unspecified atom stereocenters. The van der Waals surface area contributed by atoms with Crippen LogP contribution < -0.4 is 4.48 Å². The van der Waals surface area contributed by atoms with E-state index >= 15 is 0 Å². The lowest BCUT2D eigenvalue weighted by molar-refractivity contribution is -0.888. The maximum Gasteiger partial charge on any atom is 0.132 e. The second-order valence-corrected chi connectivity index (χ2v) is 6.75. The first-order valence-electron chi connectivity index (χ1n) is 7.55. The Balaban J connectivity index is 2.54. The molecule has 108 valence electrons. The van der Waals surface area contributed by atoms with Crippen molar-refractivity contribution in [1.82, 2.24) is 4.48 Å². The summed E-state index contributed by atoms with van der Waals surface area (Å²) in [5, 5.41) is 0. The van der Waals surface area contributed by atoms with E-state index in [2.05, 4.69) is 66.3 Å². The molecule has 0 bridgehead atoms. The van der Waals surface area contributed by atoms with Crippen LogP contribution in [0.5, 0.6) is 0 Å². The molecule has 0 spiro atoms. The second kappa shape index (κ2) is 6.53. The van der Waals surface area contributed by atoms with Gasteiger partial charge in [0.25, 0.3) is 0 Å². The number of aryl methyl sites for hydroxylation is 1. The van der Waals surface area contributed by atoms with Gasteiger partial charge in [-0.25, -0.2) is 0 Å². The molecule has 0 heterocycles. The summed E-state index contributed by atoms with van der Waals surface area (Å²) in [7, 11) is 9.14. The lowest BCUT2D eigenvalue weighted by Gasteiger charge is -2.28. The molecule has 0 radical (unpaired) electrons. The van der Waals surface area contributed by atoms with Gasteiger partial charge in [0.1, 0.15) is 5.69 Å². The van der Waals surface area contributed by atoms with E-state index in [0.29, 0.717) is 0 Å². The van der Waals surface area contributed by atoms with Gasteiger partial charge < -0.3 is 4.48 Å². The average molecular weight is 264 g/mol. The first-order valence-corrected chi connectivity index (χ1v) is 7.55. The third kappa shape index (κ3) is 4.96. The lowest BCUT2D eigenvalue weighted by Crippen LogP contribution is -2.40. The average Bonchev–Trinajstić information content (AvgIpc) is 2.39. The van der Waals surface area contributed by atoms with Crippen molar-refractivity contribution in [2.75, 3.05) is 47.8 Å². The van der Waals surface area contributed by atoms with Gasteiger partial charge in [0, 0.05) is 6.42 Å². The largest absolute Gasteiger partial charge is 0.329 e. The normalized spacial score (nSPS) is 12.7. The Kier molecular flexibility index (Phi) is 5.57. The van der Waals surface area contributed by atoms with Gasteiger partial charge in [0.05, 0.1) is 47.8 Å². The van der Waals surface area contributed by atoms with Crippen LogP contribution in [0.2, 0.25) is 0 Å². The quantitative estimate of drug-likeness (QED) is 0.663. The molecule has 0 saturated heterocycles. The summed E-state index contributed by atoms with van der Waals surface area (Å²) in [6.45, 7) is 8.09. The van der Waals surface area contributed by atoms with Crippen LogP contribution >= 0.6 is 0 Å². The van der Waals surface area contributed by atoms with Crippen LogP contribution in [0.15, 0.2) is 24.3 Å². The minimum absolute atomic E-state index is 0.958. The van der Waals surface area contributed by atoms with Gasteiger partial charge in [-0.1, -0.05) is 12.1 Å². The summed E-state index contributed by atoms with van der Waals surface area (Å²) in [5.74, 6) is 0. The number of rotatable bonds is 7. The van der Waals surface area contributed by atoms with E-state index in [4.69, 9.17) is 0 Å². The number of hydrogen-bond donors (Lipinski definition) is 0.